The normalized spacial score (nSPS) is 11.4. The fraction of sp³-hybridized carbons (Fsp3) is 0.0500. The second-order valence-corrected chi connectivity index (χ2v) is 8.68. The van der Waals surface area contributed by atoms with Crippen molar-refractivity contribution in [1.82, 2.24) is 14.8 Å². The Morgan fingerprint density at radius 2 is 1.82 bits per heavy atom. The van der Waals surface area contributed by atoms with E-state index in [1.54, 1.807) is 4.68 Å². The number of nitrogens with one attached hydrogen (secondary N) is 1. The highest BCUT2D eigenvalue weighted by Gasteiger charge is 2.20. The minimum Gasteiger partial charge on any atom is -0.306 e. The minimum atomic E-state index is -0.256. The lowest BCUT2D eigenvalue weighted by Crippen LogP contribution is -2.14. The summed E-state index contributed by atoms with van der Waals surface area (Å²) in [5.41, 5.74) is 1.69. The summed E-state index contributed by atoms with van der Waals surface area (Å²) in [7, 11) is 0. The first kappa shape index (κ1) is 17.4. The average molecular weight is 425 g/mol. The molecule has 0 aliphatic carbocycles. The van der Waals surface area contributed by atoms with Crippen LogP contribution in [0.3, 0.4) is 0 Å². The lowest BCUT2D eigenvalue weighted by Gasteiger charge is -2.05. The monoisotopic (exact) mass is 424 g/mol. The van der Waals surface area contributed by atoms with Crippen LogP contribution in [0, 0.1) is 6.92 Å². The van der Waals surface area contributed by atoms with Gasteiger partial charge in [-0.05, 0) is 25.1 Å². The van der Waals surface area contributed by atoms with E-state index in [1.807, 2.05) is 61.5 Å². The van der Waals surface area contributed by atoms with E-state index < -0.39 is 0 Å². The summed E-state index contributed by atoms with van der Waals surface area (Å²) >= 11 is 9.35. The van der Waals surface area contributed by atoms with Crippen LogP contribution >= 0.6 is 34.3 Å². The zero-order valence-electron chi connectivity index (χ0n) is 14.6. The summed E-state index contributed by atoms with van der Waals surface area (Å²) in [5.74, 6) is 0.309. The molecule has 0 saturated carbocycles. The van der Waals surface area contributed by atoms with Crippen molar-refractivity contribution < 1.29 is 4.79 Å². The molecule has 0 aliphatic rings. The number of para-hydroxylation sites is 1. The van der Waals surface area contributed by atoms with E-state index in [4.69, 9.17) is 11.6 Å². The van der Waals surface area contributed by atoms with Crippen LogP contribution in [0.5, 0.6) is 0 Å². The van der Waals surface area contributed by atoms with Gasteiger partial charge in [-0.3, -0.25) is 4.79 Å². The molecule has 0 fully saturated rings. The molecule has 28 heavy (non-hydrogen) atoms. The molecular formula is C20H13ClN4OS2. The van der Waals surface area contributed by atoms with Crippen molar-refractivity contribution in [3.8, 4) is 5.13 Å². The van der Waals surface area contributed by atoms with Crippen LogP contribution in [0.2, 0.25) is 5.02 Å². The smallest absolute Gasteiger partial charge is 0.268 e. The number of anilines is 1. The standard InChI is InChI=1S/C20H13ClN4OS2/c1-11-10-16(25(24-11)20-22-13-7-3-5-9-15(13)28-20)23-19(26)18-17(21)12-6-2-4-8-14(12)27-18/h2-10H,1H3,(H,23,26). The largest absolute Gasteiger partial charge is 0.306 e. The number of fused-ring (bicyclic) bond motifs is 2. The molecule has 3 aromatic heterocycles. The second kappa shape index (κ2) is 6.70. The first-order valence-electron chi connectivity index (χ1n) is 8.51. The number of benzene rings is 2. The van der Waals surface area contributed by atoms with Crippen LogP contribution in [-0.4, -0.2) is 20.7 Å². The molecule has 3 heterocycles. The van der Waals surface area contributed by atoms with Gasteiger partial charge in [-0.15, -0.1) is 11.3 Å². The molecule has 1 N–H and O–H groups in total. The van der Waals surface area contributed by atoms with Crippen LogP contribution in [0.1, 0.15) is 15.4 Å². The molecule has 0 spiro atoms. The van der Waals surface area contributed by atoms with Crippen LogP contribution in [0.25, 0.3) is 25.4 Å². The van der Waals surface area contributed by atoms with E-state index >= 15 is 0 Å². The number of carbonyl (C=O) groups is 1. The third-order valence-electron chi connectivity index (χ3n) is 4.28. The molecule has 138 valence electrons. The van der Waals surface area contributed by atoms with Crippen molar-refractivity contribution in [2.45, 2.75) is 6.92 Å². The lowest BCUT2D eigenvalue weighted by molar-refractivity contribution is 0.103. The zero-order valence-corrected chi connectivity index (χ0v) is 17.0. The zero-order chi connectivity index (χ0) is 19.3. The van der Waals surface area contributed by atoms with Crippen LogP contribution in [-0.2, 0) is 0 Å². The predicted molar refractivity (Wildman–Crippen MR) is 116 cm³/mol. The Balaban J connectivity index is 1.53. The Labute approximate surface area is 173 Å². The Kier molecular flexibility index (Phi) is 4.16. The van der Waals surface area contributed by atoms with Gasteiger partial charge in [-0.1, -0.05) is 53.3 Å². The summed E-state index contributed by atoms with van der Waals surface area (Å²) in [6.45, 7) is 1.88. The van der Waals surface area contributed by atoms with Crippen molar-refractivity contribution in [2.75, 3.05) is 5.32 Å². The van der Waals surface area contributed by atoms with Crippen molar-refractivity contribution in [2.24, 2.45) is 0 Å². The molecule has 8 heteroatoms. The quantitative estimate of drug-likeness (QED) is 0.391. The number of halogens is 1. The summed E-state index contributed by atoms with van der Waals surface area (Å²) in [4.78, 5) is 18.0. The molecule has 0 unspecified atom stereocenters. The third-order valence-corrected chi connectivity index (χ3v) is 6.96. The number of nitrogens with zero attached hydrogens (tertiary/aromatic N) is 3. The molecule has 5 rings (SSSR count). The van der Waals surface area contributed by atoms with E-state index in [2.05, 4.69) is 15.4 Å². The van der Waals surface area contributed by atoms with Gasteiger partial charge in [0.15, 0.2) is 0 Å². The van der Waals surface area contributed by atoms with E-state index in [9.17, 15) is 4.79 Å². The molecule has 5 nitrogen and oxygen atoms in total. The Morgan fingerprint density at radius 1 is 1.07 bits per heavy atom. The Bertz CT molecular complexity index is 1320. The third kappa shape index (κ3) is 2.88. The van der Waals surface area contributed by atoms with Crippen molar-refractivity contribution >= 4 is 66.3 Å². The van der Waals surface area contributed by atoms with Crippen LogP contribution in [0.4, 0.5) is 5.82 Å². The number of aromatic nitrogens is 3. The number of amides is 1. The minimum absolute atomic E-state index is 0.256. The number of rotatable bonds is 3. The molecule has 0 bridgehead atoms. The maximum atomic E-state index is 12.9. The first-order valence-corrected chi connectivity index (χ1v) is 10.5. The lowest BCUT2D eigenvalue weighted by atomic mass is 10.2. The first-order chi connectivity index (χ1) is 13.6. The SMILES string of the molecule is Cc1cc(NC(=O)c2sc3ccccc3c2Cl)n(-c2nc3ccccc3s2)n1. The van der Waals surface area contributed by atoms with Gasteiger partial charge in [0, 0.05) is 16.2 Å². The van der Waals surface area contributed by atoms with Gasteiger partial charge in [0.2, 0.25) is 5.13 Å². The summed E-state index contributed by atoms with van der Waals surface area (Å²) < 4.78 is 3.71. The maximum Gasteiger partial charge on any atom is 0.268 e. The topological polar surface area (TPSA) is 59.8 Å². The van der Waals surface area contributed by atoms with Gasteiger partial charge in [-0.2, -0.15) is 9.78 Å². The summed E-state index contributed by atoms with van der Waals surface area (Å²) in [5, 5.41) is 9.51. The van der Waals surface area contributed by atoms with Gasteiger partial charge >= 0.3 is 0 Å². The van der Waals surface area contributed by atoms with Gasteiger partial charge in [0.05, 0.1) is 20.9 Å². The highest BCUT2D eigenvalue weighted by molar-refractivity contribution is 7.21. The maximum absolute atomic E-state index is 12.9. The number of aryl methyl sites for hydroxylation is 1. The van der Waals surface area contributed by atoms with Crippen molar-refractivity contribution in [1.29, 1.82) is 0 Å². The molecule has 0 atom stereocenters. The molecule has 0 aliphatic heterocycles. The Hall–Kier alpha value is -2.74. The second-order valence-electron chi connectivity index (χ2n) is 6.24. The van der Waals surface area contributed by atoms with E-state index in [0.717, 1.165) is 26.0 Å². The number of thiazole rings is 1. The van der Waals surface area contributed by atoms with Crippen LogP contribution < -0.4 is 5.32 Å². The molecule has 0 radical (unpaired) electrons. The molecular weight excluding hydrogens is 412 g/mol. The predicted octanol–water partition coefficient (Wildman–Crippen LogP) is 5.91. The average Bonchev–Trinajstić information content (AvgIpc) is 3.37. The van der Waals surface area contributed by atoms with Gasteiger partial charge < -0.3 is 5.32 Å². The number of carbonyl (C=O) groups excluding carboxylic acids is 1. The Morgan fingerprint density at radius 3 is 2.61 bits per heavy atom. The van der Waals surface area contributed by atoms with E-state index in [0.29, 0.717) is 20.8 Å². The molecule has 0 saturated heterocycles. The summed E-state index contributed by atoms with van der Waals surface area (Å²) in [6.07, 6.45) is 0. The van der Waals surface area contributed by atoms with E-state index in [-0.39, 0.29) is 5.91 Å². The molecule has 2 aromatic carbocycles. The van der Waals surface area contributed by atoms with Gasteiger partial charge in [0.25, 0.3) is 5.91 Å². The molecule has 5 aromatic rings. The highest BCUT2D eigenvalue weighted by Crippen LogP contribution is 2.36. The van der Waals surface area contributed by atoms with Crippen molar-refractivity contribution in [3.63, 3.8) is 0 Å². The van der Waals surface area contributed by atoms with Crippen molar-refractivity contribution in [3.05, 3.63) is 70.2 Å². The van der Waals surface area contributed by atoms with Crippen LogP contribution in [0.15, 0.2) is 54.6 Å². The summed E-state index contributed by atoms with van der Waals surface area (Å²) in [6, 6.07) is 17.4. The van der Waals surface area contributed by atoms with Gasteiger partial charge in [-0.25, -0.2) is 4.98 Å². The number of thiophene rings is 1. The van der Waals surface area contributed by atoms with E-state index in [1.165, 1.54) is 22.7 Å². The fourth-order valence-corrected chi connectivity index (χ4v) is 5.36. The van der Waals surface area contributed by atoms with Gasteiger partial charge in [0.1, 0.15) is 10.7 Å². The molecule has 1 amide bonds. The number of hydrogen-bond donors (Lipinski definition) is 1. The fourth-order valence-electron chi connectivity index (χ4n) is 3.02. The highest BCUT2D eigenvalue weighted by atomic mass is 35.5. The number of hydrogen-bond acceptors (Lipinski definition) is 5.